The second-order valence-electron chi connectivity index (χ2n) is 4.44. The molecule has 110 valence electrons. The molecule has 1 aliphatic rings. The number of amides is 2. The summed E-state index contributed by atoms with van der Waals surface area (Å²) in [5.41, 5.74) is -0.824. The van der Waals surface area contributed by atoms with Crippen molar-refractivity contribution in [2.24, 2.45) is 0 Å². The van der Waals surface area contributed by atoms with Crippen LogP contribution in [-0.2, 0) is 15.8 Å². The van der Waals surface area contributed by atoms with Crippen molar-refractivity contribution in [2.75, 3.05) is 24.5 Å². The Kier molecular flexibility index (Phi) is 3.89. The van der Waals surface area contributed by atoms with Crippen LogP contribution >= 0.6 is 0 Å². The molecule has 0 aromatic heterocycles. The SMILES string of the molecule is C#CCN1CCN(c2cccc(C(F)(F)F)c2)C(=O)C1=O. The summed E-state index contributed by atoms with van der Waals surface area (Å²) < 4.78 is 38.0. The normalized spacial score (nSPS) is 16.1. The van der Waals surface area contributed by atoms with Crippen LogP contribution in [0.4, 0.5) is 18.9 Å². The van der Waals surface area contributed by atoms with E-state index in [1.54, 1.807) is 0 Å². The lowest BCUT2D eigenvalue weighted by Crippen LogP contribution is -2.54. The zero-order valence-corrected chi connectivity index (χ0v) is 10.9. The maximum absolute atomic E-state index is 12.7. The van der Waals surface area contributed by atoms with Crippen molar-refractivity contribution in [1.82, 2.24) is 4.90 Å². The van der Waals surface area contributed by atoms with Gasteiger partial charge in [0.15, 0.2) is 0 Å². The molecule has 0 saturated carbocycles. The molecule has 21 heavy (non-hydrogen) atoms. The van der Waals surface area contributed by atoms with Crippen LogP contribution < -0.4 is 4.90 Å². The van der Waals surface area contributed by atoms with Crippen molar-refractivity contribution in [1.29, 1.82) is 0 Å². The van der Waals surface area contributed by atoms with Crippen LogP contribution in [0.3, 0.4) is 0 Å². The number of halogens is 3. The lowest BCUT2D eigenvalue weighted by molar-refractivity contribution is -0.145. The average molecular weight is 296 g/mol. The highest BCUT2D eigenvalue weighted by molar-refractivity contribution is 6.41. The molecule has 1 aromatic carbocycles. The number of alkyl halides is 3. The third-order valence-corrected chi connectivity index (χ3v) is 3.08. The molecule has 2 rings (SSSR count). The zero-order chi connectivity index (χ0) is 15.6. The monoisotopic (exact) mass is 296 g/mol. The maximum Gasteiger partial charge on any atom is 0.416 e. The lowest BCUT2D eigenvalue weighted by atomic mass is 10.1. The summed E-state index contributed by atoms with van der Waals surface area (Å²) in [5.74, 6) is 0.570. The average Bonchev–Trinajstić information content (AvgIpc) is 2.43. The van der Waals surface area contributed by atoms with Gasteiger partial charge in [-0.1, -0.05) is 12.0 Å². The fourth-order valence-corrected chi connectivity index (χ4v) is 2.03. The maximum atomic E-state index is 12.7. The second-order valence-corrected chi connectivity index (χ2v) is 4.44. The van der Waals surface area contributed by atoms with Gasteiger partial charge in [-0.2, -0.15) is 13.2 Å². The van der Waals surface area contributed by atoms with E-state index in [-0.39, 0.29) is 25.3 Å². The van der Waals surface area contributed by atoms with Gasteiger partial charge in [0.05, 0.1) is 12.1 Å². The highest BCUT2D eigenvalue weighted by Crippen LogP contribution is 2.32. The van der Waals surface area contributed by atoms with Gasteiger partial charge in [-0.05, 0) is 18.2 Å². The van der Waals surface area contributed by atoms with Crippen molar-refractivity contribution in [3.63, 3.8) is 0 Å². The van der Waals surface area contributed by atoms with E-state index in [0.29, 0.717) is 0 Å². The van der Waals surface area contributed by atoms with Gasteiger partial charge in [-0.3, -0.25) is 9.59 Å². The van der Waals surface area contributed by atoms with E-state index in [9.17, 15) is 22.8 Å². The van der Waals surface area contributed by atoms with E-state index < -0.39 is 23.6 Å². The predicted octanol–water partition coefficient (Wildman–Crippen LogP) is 1.51. The van der Waals surface area contributed by atoms with E-state index in [2.05, 4.69) is 5.92 Å². The van der Waals surface area contributed by atoms with Gasteiger partial charge in [0.2, 0.25) is 0 Å². The third-order valence-electron chi connectivity index (χ3n) is 3.08. The molecule has 1 aliphatic heterocycles. The first-order valence-electron chi connectivity index (χ1n) is 6.06. The van der Waals surface area contributed by atoms with Crippen molar-refractivity contribution in [3.8, 4) is 12.3 Å². The molecule has 0 spiro atoms. The summed E-state index contributed by atoms with van der Waals surface area (Å²) in [5, 5.41) is 0. The number of piperazine rings is 1. The van der Waals surface area contributed by atoms with Crippen LogP contribution in [0.5, 0.6) is 0 Å². The molecule has 0 unspecified atom stereocenters. The Morgan fingerprint density at radius 1 is 1.19 bits per heavy atom. The predicted molar refractivity (Wildman–Crippen MR) is 69.2 cm³/mol. The molecule has 0 aliphatic carbocycles. The van der Waals surface area contributed by atoms with Crippen LogP contribution in [0.1, 0.15) is 5.56 Å². The standard InChI is InChI=1S/C14H11F3N2O2/c1-2-6-18-7-8-19(13(21)12(18)20)11-5-3-4-10(9-11)14(15,16)17/h1,3-5,9H,6-8H2. The van der Waals surface area contributed by atoms with Gasteiger partial charge in [0.1, 0.15) is 0 Å². The van der Waals surface area contributed by atoms with Crippen molar-refractivity contribution >= 4 is 17.5 Å². The van der Waals surface area contributed by atoms with Gasteiger partial charge in [-0.15, -0.1) is 6.42 Å². The number of nitrogens with zero attached hydrogens (tertiary/aromatic N) is 2. The van der Waals surface area contributed by atoms with Crippen LogP contribution in [0.15, 0.2) is 24.3 Å². The van der Waals surface area contributed by atoms with Crippen molar-refractivity contribution in [3.05, 3.63) is 29.8 Å². The first-order chi connectivity index (χ1) is 9.84. The van der Waals surface area contributed by atoms with Crippen molar-refractivity contribution in [2.45, 2.75) is 6.18 Å². The number of hydrogen-bond donors (Lipinski definition) is 0. The Labute approximate surface area is 119 Å². The first-order valence-corrected chi connectivity index (χ1v) is 6.06. The molecular formula is C14H11F3N2O2. The molecule has 1 saturated heterocycles. The summed E-state index contributed by atoms with van der Waals surface area (Å²) >= 11 is 0. The number of rotatable bonds is 2. The Morgan fingerprint density at radius 2 is 1.90 bits per heavy atom. The molecule has 0 N–H and O–H groups in total. The molecule has 7 heteroatoms. The van der Waals surface area contributed by atoms with Gasteiger partial charge >= 0.3 is 18.0 Å². The summed E-state index contributed by atoms with van der Waals surface area (Å²) in [4.78, 5) is 26.0. The smallest absolute Gasteiger partial charge is 0.322 e. The minimum Gasteiger partial charge on any atom is -0.322 e. The quantitative estimate of drug-likeness (QED) is 0.613. The second kappa shape index (κ2) is 5.48. The highest BCUT2D eigenvalue weighted by atomic mass is 19.4. The van der Waals surface area contributed by atoms with E-state index in [0.717, 1.165) is 17.0 Å². The molecule has 1 fully saturated rings. The molecule has 4 nitrogen and oxygen atoms in total. The van der Waals surface area contributed by atoms with E-state index in [4.69, 9.17) is 6.42 Å². The number of carbonyl (C=O) groups is 2. The number of benzene rings is 1. The minimum absolute atomic E-state index is 0.000996. The Morgan fingerprint density at radius 3 is 2.52 bits per heavy atom. The summed E-state index contributed by atoms with van der Waals surface area (Å²) in [6, 6.07) is 4.31. The van der Waals surface area contributed by atoms with E-state index in [1.807, 2.05) is 0 Å². The van der Waals surface area contributed by atoms with Gasteiger partial charge in [0.25, 0.3) is 0 Å². The summed E-state index contributed by atoms with van der Waals surface area (Å²) in [6.07, 6.45) is 0.581. The number of anilines is 1. The third kappa shape index (κ3) is 2.99. The van der Waals surface area contributed by atoms with Crippen LogP contribution in [0.2, 0.25) is 0 Å². The minimum atomic E-state index is -4.51. The van der Waals surface area contributed by atoms with Crippen LogP contribution in [0.25, 0.3) is 0 Å². The van der Waals surface area contributed by atoms with Gasteiger partial charge in [0, 0.05) is 18.8 Å². The number of carbonyl (C=O) groups excluding carboxylic acids is 2. The largest absolute Gasteiger partial charge is 0.416 e. The Hall–Kier alpha value is -2.49. The lowest BCUT2D eigenvalue weighted by Gasteiger charge is -2.32. The molecule has 0 atom stereocenters. The van der Waals surface area contributed by atoms with E-state index >= 15 is 0 Å². The fourth-order valence-electron chi connectivity index (χ4n) is 2.03. The van der Waals surface area contributed by atoms with Crippen LogP contribution in [-0.4, -0.2) is 36.3 Å². The number of hydrogen-bond acceptors (Lipinski definition) is 2. The molecule has 2 amide bonds. The van der Waals surface area contributed by atoms with Crippen molar-refractivity contribution < 1.29 is 22.8 Å². The zero-order valence-electron chi connectivity index (χ0n) is 10.9. The topological polar surface area (TPSA) is 40.6 Å². The van der Waals surface area contributed by atoms with Gasteiger partial charge < -0.3 is 9.80 Å². The Balaban J connectivity index is 2.26. The Bertz CT molecular complexity index is 619. The molecular weight excluding hydrogens is 285 g/mol. The molecule has 1 heterocycles. The molecule has 0 bridgehead atoms. The van der Waals surface area contributed by atoms with E-state index in [1.165, 1.54) is 17.0 Å². The summed E-state index contributed by atoms with van der Waals surface area (Å²) in [6.45, 7) is 0.291. The fraction of sp³-hybridized carbons (Fsp3) is 0.286. The first kappa shape index (κ1) is 14.9. The molecule has 0 radical (unpaired) electrons. The van der Waals surface area contributed by atoms with Gasteiger partial charge in [-0.25, -0.2) is 0 Å². The molecule has 1 aromatic rings. The highest BCUT2D eigenvalue weighted by Gasteiger charge is 2.35. The summed E-state index contributed by atoms with van der Waals surface area (Å²) in [7, 11) is 0. The number of terminal acetylenes is 1. The van der Waals surface area contributed by atoms with Crippen LogP contribution in [0, 0.1) is 12.3 Å².